The predicted molar refractivity (Wildman–Crippen MR) is 89.8 cm³/mol. The van der Waals surface area contributed by atoms with Crippen molar-refractivity contribution in [3.05, 3.63) is 66.4 Å². The molecule has 1 aliphatic rings. The molecule has 0 aliphatic carbocycles. The molecule has 0 bridgehead atoms. The fraction of sp³-hybridized carbons (Fsp3) is 0.312. The third-order valence-electron chi connectivity index (χ3n) is 4.01. The van der Waals surface area contributed by atoms with Crippen molar-refractivity contribution in [2.75, 3.05) is 13.1 Å². The van der Waals surface area contributed by atoms with Crippen LogP contribution in [0.5, 0.6) is 0 Å². The van der Waals surface area contributed by atoms with Crippen LogP contribution in [0, 0.1) is 0 Å². The zero-order valence-electron chi connectivity index (χ0n) is 12.9. The number of aromatic nitrogens is 2. The van der Waals surface area contributed by atoms with Gasteiger partial charge in [0.25, 0.3) is 5.56 Å². The molecule has 23 heavy (non-hydrogen) atoms. The van der Waals surface area contributed by atoms with E-state index >= 15 is 0 Å². The SMILES string of the molecule is Cn1c(CN2CC2)c(C(=O)c2cccc(Br)c2)c(=O)n(C)c1=O. The van der Waals surface area contributed by atoms with Gasteiger partial charge in [-0.15, -0.1) is 0 Å². The Morgan fingerprint density at radius 1 is 1.17 bits per heavy atom. The van der Waals surface area contributed by atoms with E-state index in [0.717, 1.165) is 22.1 Å². The molecule has 120 valence electrons. The fourth-order valence-corrected chi connectivity index (χ4v) is 2.91. The summed E-state index contributed by atoms with van der Waals surface area (Å²) in [6.45, 7) is 2.25. The van der Waals surface area contributed by atoms with Crippen molar-refractivity contribution >= 4 is 21.7 Å². The quantitative estimate of drug-likeness (QED) is 0.586. The number of carbonyl (C=O) groups excluding carboxylic acids is 1. The number of nitrogens with zero attached hydrogens (tertiary/aromatic N) is 3. The van der Waals surface area contributed by atoms with Gasteiger partial charge < -0.3 is 0 Å². The van der Waals surface area contributed by atoms with Crippen LogP contribution in [-0.4, -0.2) is 32.9 Å². The van der Waals surface area contributed by atoms with Crippen LogP contribution in [0.1, 0.15) is 21.6 Å². The topological polar surface area (TPSA) is 64.1 Å². The molecule has 1 aromatic carbocycles. The summed E-state index contributed by atoms with van der Waals surface area (Å²) < 4.78 is 3.14. The summed E-state index contributed by atoms with van der Waals surface area (Å²) in [5.41, 5.74) is -0.00471. The molecular weight excluding hydrogens is 362 g/mol. The molecule has 1 saturated heterocycles. The van der Waals surface area contributed by atoms with Crippen LogP contribution in [0.3, 0.4) is 0 Å². The average Bonchev–Trinajstić information content (AvgIpc) is 3.34. The zero-order valence-corrected chi connectivity index (χ0v) is 14.5. The van der Waals surface area contributed by atoms with Gasteiger partial charge in [-0.2, -0.15) is 0 Å². The van der Waals surface area contributed by atoms with Crippen molar-refractivity contribution in [3.8, 4) is 0 Å². The van der Waals surface area contributed by atoms with E-state index in [4.69, 9.17) is 0 Å². The lowest BCUT2D eigenvalue weighted by Gasteiger charge is -2.15. The molecule has 7 heteroatoms. The number of carbonyl (C=O) groups is 1. The normalized spacial score (nSPS) is 14.0. The third-order valence-corrected chi connectivity index (χ3v) is 4.51. The molecule has 0 spiro atoms. The van der Waals surface area contributed by atoms with Crippen molar-refractivity contribution in [1.82, 2.24) is 14.0 Å². The van der Waals surface area contributed by atoms with Gasteiger partial charge in [-0.3, -0.25) is 23.6 Å². The Labute approximate surface area is 141 Å². The van der Waals surface area contributed by atoms with E-state index in [9.17, 15) is 14.4 Å². The van der Waals surface area contributed by atoms with Gasteiger partial charge in [0.1, 0.15) is 5.56 Å². The highest BCUT2D eigenvalue weighted by Gasteiger charge is 2.27. The van der Waals surface area contributed by atoms with Gasteiger partial charge in [-0.25, -0.2) is 4.79 Å². The molecule has 1 aromatic heterocycles. The number of benzene rings is 1. The molecule has 0 amide bonds. The van der Waals surface area contributed by atoms with E-state index in [0.29, 0.717) is 17.8 Å². The number of halogens is 1. The molecule has 0 saturated carbocycles. The number of hydrogen-bond donors (Lipinski definition) is 0. The molecule has 2 aromatic rings. The van der Waals surface area contributed by atoms with Crippen molar-refractivity contribution in [2.45, 2.75) is 6.54 Å². The number of rotatable bonds is 4. The minimum absolute atomic E-state index is 0.0691. The summed E-state index contributed by atoms with van der Waals surface area (Å²) in [7, 11) is 2.99. The Kier molecular flexibility index (Phi) is 4.08. The van der Waals surface area contributed by atoms with Crippen molar-refractivity contribution in [1.29, 1.82) is 0 Å². The molecular formula is C16H16BrN3O3. The lowest BCUT2D eigenvalue weighted by Crippen LogP contribution is -2.43. The molecule has 1 fully saturated rings. The molecule has 0 radical (unpaired) electrons. The lowest BCUT2D eigenvalue weighted by atomic mass is 10.0. The summed E-state index contributed by atoms with van der Waals surface area (Å²) in [6.07, 6.45) is 0. The van der Waals surface area contributed by atoms with E-state index in [1.807, 2.05) is 6.07 Å². The zero-order chi connectivity index (χ0) is 16.7. The fourth-order valence-electron chi connectivity index (χ4n) is 2.51. The van der Waals surface area contributed by atoms with E-state index in [-0.39, 0.29) is 11.3 Å². The maximum absolute atomic E-state index is 12.9. The Hall–Kier alpha value is -1.99. The summed E-state index contributed by atoms with van der Waals surface area (Å²) >= 11 is 3.33. The molecule has 0 atom stereocenters. The first kappa shape index (κ1) is 15.9. The van der Waals surface area contributed by atoms with E-state index in [1.54, 1.807) is 25.2 Å². The first-order chi connectivity index (χ1) is 10.9. The second-order valence-corrected chi connectivity index (χ2v) is 6.56. The van der Waals surface area contributed by atoms with Crippen molar-refractivity contribution in [2.24, 2.45) is 14.1 Å². The van der Waals surface area contributed by atoms with Gasteiger partial charge in [-0.1, -0.05) is 28.1 Å². The van der Waals surface area contributed by atoms with Gasteiger partial charge in [0.05, 0.1) is 5.69 Å². The third kappa shape index (κ3) is 2.94. The maximum Gasteiger partial charge on any atom is 0.330 e. The van der Waals surface area contributed by atoms with Gasteiger partial charge >= 0.3 is 5.69 Å². The lowest BCUT2D eigenvalue weighted by molar-refractivity contribution is 0.103. The molecule has 0 unspecified atom stereocenters. The molecule has 0 N–H and O–H groups in total. The highest BCUT2D eigenvalue weighted by molar-refractivity contribution is 9.10. The Morgan fingerprint density at radius 2 is 1.87 bits per heavy atom. The maximum atomic E-state index is 12.9. The predicted octanol–water partition coefficient (Wildman–Crippen LogP) is 0.893. The largest absolute Gasteiger partial charge is 0.330 e. The van der Waals surface area contributed by atoms with Crippen LogP contribution in [0.25, 0.3) is 0 Å². The van der Waals surface area contributed by atoms with Crippen LogP contribution < -0.4 is 11.2 Å². The van der Waals surface area contributed by atoms with Crippen LogP contribution in [0.4, 0.5) is 0 Å². The van der Waals surface area contributed by atoms with Crippen LogP contribution in [0.2, 0.25) is 0 Å². The number of ketones is 1. The second-order valence-electron chi connectivity index (χ2n) is 5.64. The molecule has 6 nitrogen and oxygen atoms in total. The van der Waals surface area contributed by atoms with Crippen LogP contribution in [-0.2, 0) is 20.6 Å². The average molecular weight is 378 g/mol. The van der Waals surface area contributed by atoms with Crippen molar-refractivity contribution in [3.63, 3.8) is 0 Å². The van der Waals surface area contributed by atoms with E-state index < -0.39 is 11.2 Å². The van der Waals surface area contributed by atoms with Gasteiger partial charge in [0.15, 0.2) is 5.78 Å². The highest BCUT2D eigenvalue weighted by Crippen LogP contribution is 2.18. The number of hydrogen-bond acceptors (Lipinski definition) is 4. The Balaban J connectivity index is 2.22. The summed E-state index contributed by atoms with van der Waals surface area (Å²) in [5, 5.41) is 0. The molecule has 3 rings (SSSR count). The van der Waals surface area contributed by atoms with Crippen LogP contribution >= 0.6 is 15.9 Å². The summed E-state index contributed by atoms with van der Waals surface area (Å²) in [5.74, 6) is -0.362. The van der Waals surface area contributed by atoms with E-state index in [1.165, 1.54) is 11.6 Å². The second kappa shape index (κ2) is 5.90. The minimum Gasteiger partial charge on any atom is -0.299 e. The highest BCUT2D eigenvalue weighted by atomic mass is 79.9. The smallest absolute Gasteiger partial charge is 0.299 e. The Morgan fingerprint density at radius 3 is 2.48 bits per heavy atom. The standard InChI is InChI=1S/C16H16BrN3O3/c1-18-12(9-20-6-7-20)13(15(22)19(2)16(18)23)14(21)10-4-3-5-11(17)8-10/h3-5,8H,6-7,9H2,1-2H3. The van der Waals surface area contributed by atoms with Gasteiger partial charge in [-0.05, 0) is 12.1 Å². The Bertz CT molecular complexity index is 910. The van der Waals surface area contributed by atoms with E-state index in [2.05, 4.69) is 20.8 Å². The van der Waals surface area contributed by atoms with Gasteiger partial charge in [0, 0.05) is 43.8 Å². The summed E-state index contributed by atoms with van der Waals surface area (Å²) in [6, 6.07) is 6.90. The van der Waals surface area contributed by atoms with Crippen LogP contribution in [0.15, 0.2) is 38.3 Å². The molecule has 1 aliphatic heterocycles. The molecule has 2 heterocycles. The first-order valence-corrected chi connectivity index (χ1v) is 8.01. The minimum atomic E-state index is -0.546. The van der Waals surface area contributed by atoms with Crippen molar-refractivity contribution < 1.29 is 4.79 Å². The van der Waals surface area contributed by atoms with Gasteiger partial charge in [0.2, 0.25) is 0 Å². The first-order valence-electron chi connectivity index (χ1n) is 7.21. The summed E-state index contributed by atoms with van der Waals surface area (Å²) in [4.78, 5) is 39.7. The monoisotopic (exact) mass is 377 g/mol.